The third-order valence-electron chi connectivity index (χ3n) is 5.00. The van der Waals surface area contributed by atoms with Crippen LogP contribution in [0.2, 0.25) is 0 Å². The van der Waals surface area contributed by atoms with E-state index in [0.29, 0.717) is 4.90 Å². The van der Waals surface area contributed by atoms with Crippen molar-refractivity contribution in [1.82, 2.24) is 4.90 Å². The van der Waals surface area contributed by atoms with E-state index in [2.05, 4.69) is 4.74 Å². The second-order valence-electron chi connectivity index (χ2n) is 6.37. The number of rotatable bonds is 1. The number of carbonyl (C=O) groups is 2. The highest BCUT2D eigenvalue weighted by Gasteiger charge is 2.63. The summed E-state index contributed by atoms with van der Waals surface area (Å²) < 4.78 is 44.0. The zero-order valence-corrected chi connectivity index (χ0v) is 13.4. The molecule has 1 fully saturated rings. The minimum Gasteiger partial charge on any atom is -0.467 e. The van der Waals surface area contributed by atoms with E-state index in [0.717, 1.165) is 18.4 Å². The van der Waals surface area contributed by atoms with E-state index in [-0.39, 0.29) is 6.42 Å². The van der Waals surface area contributed by atoms with Crippen LogP contribution in [0.4, 0.5) is 18.9 Å². The van der Waals surface area contributed by atoms with Crippen LogP contribution in [0.5, 0.6) is 0 Å². The van der Waals surface area contributed by atoms with E-state index < -0.39 is 35.7 Å². The fourth-order valence-corrected chi connectivity index (χ4v) is 4.07. The number of halogens is 3. The van der Waals surface area contributed by atoms with Crippen LogP contribution in [0.1, 0.15) is 18.9 Å². The molecule has 0 N–H and O–H groups in total. The van der Waals surface area contributed by atoms with Crippen LogP contribution in [0.15, 0.2) is 24.3 Å². The van der Waals surface area contributed by atoms with Gasteiger partial charge >= 0.3 is 18.1 Å². The number of amides is 1. The van der Waals surface area contributed by atoms with Crippen molar-refractivity contribution in [2.75, 3.05) is 19.1 Å². The topological polar surface area (TPSA) is 49.9 Å². The average molecular weight is 342 g/mol. The quantitative estimate of drug-likeness (QED) is 0.733. The van der Waals surface area contributed by atoms with Gasteiger partial charge in [-0.3, -0.25) is 9.69 Å². The molecule has 5 nitrogen and oxygen atoms in total. The fraction of sp³-hybridized carbons (Fsp3) is 0.500. The van der Waals surface area contributed by atoms with Crippen LogP contribution in [0.3, 0.4) is 0 Å². The van der Waals surface area contributed by atoms with Crippen molar-refractivity contribution in [3.8, 4) is 0 Å². The number of hydrogen-bond donors (Lipinski definition) is 0. The summed E-state index contributed by atoms with van der Waals surface area (Å²) in [6.07, 6.45) is -5.88. The Balaban J connectivity index is 2.14. The fourth-order valence-electron chi connectivity index (χ4n) is 4.07. The Morgan fingerprint density at radius 1 is 1.29 bits per heavy atom. The smallest absolute Gasteiger partial charge is 0.467 e. The number of hydrogen-bond acceptors (Lipinski definition) is 4. The summed E-state index contributed by atoms with van der Waals surface area (Å²) in [7, 11) is 2.73. The van der Waals surface area contributed by atoms with Gasteiger partial charge in [0.2, 0.25) is 0 Å². The number of ether oxygens (including phenoxy) is 1. The lowest BCUT2D eigenvalue weighted by atomic mass is 9.80. The molecular formula is C16H17F3N2O3. The molecule has 3 atom stereocenters. The predicted octanol–water partition coefficient (Wildman–Crippen LogP) is 2.06. The number of alkyl halides is 3. The van der Waals surface area contributed by atoms with Crippen LogP contribution in [0, 0.1) is 0 Å². The van der Waals surface area contributed by atoms with Gasteiger partial charge in [-0.15, -0.1) is 0 Å². The van der Waals surface area contributed by atoms with E-state index in [1.165, 1.54) is 0 Å². The monoisotopic (exact) mass is 342 g/mol. The molecular weight excluding hydrogens is 325 g/mol. The summed E-state index contributed by atoms with van der Waals surface area (Å²) in [5.41, 5.74) is 0.794. The van der Waals surface area contributed by atoms with Gasteiger partial charge in [-0.25, -0.2) is 4.79 Å². The molecule has 0 spiro atoms. The Bertz CT molecular complexity index is 706. The van der Waals surface area contributed by atoms with Crippen LogP contribution in [-0.2, 0) is 19.7 Å². The lowest BCUT2D eigenvalue weighted by molar-refractivity contribution is -0.190. The Morgan fingerprint density at radius 2 is 1.92 bits per heavy atom. The second-order valence-corrected chi connectivity index (χ2v) is 6.37. The Morgan fingerprint density at radius 3 is 2.50 bits per heavy atom. The number of methoxy groups -OCH3 is 1. The number of para-hydroxylation sites is 1. The molecule has 8 heteroatoms. The molecule has 0 radical (unpaired) electrons. The predicted molar refractivity (Wildman–Crippen MR) is 79.3 cm³/mol. The van der Waals surface area contributed by atoms with Crippen LogP contribution in [0.25, 0.3) is 0 Å². The number of esters is 1. The highest BCUT2D eigenvalue weighted by Crippen LogP contribution is 2.54. The van der Waals surface area contributed by atoms with Crippen molar-refractivity contribution >= 4 is 17.6 Å². The van der Waals surface area contributed by atoms with Gasteiger partial charge in [-0.1, -0.05) is 25.1 Å². The number of fused-ring (bicyclic) bond motifs is 3. The van der Waals surface area contributed by atoms with Gasteiger partial charge in [0.1, 0.15) is 12.2 Å². The average Bonchev–Trinajstić information content (AvgIpc) is 2.96. The van der Waals surface area contributed by atoms with E-state index in [1.54, 1.807) is 37.1 Å². The molecule has 2 heterocycles. The number of anilines is 1. The van der Waals surface area contributed by atoms with Gasteiger partial charge in [0.25, 0.3) is 0 Å². The lowest BCUT2D eigenvalue weighted by Gasteiger charge is -2.36. The van der Waals surface area contributed by atoms with Gasteiger partial charge in [0, 0.05) is 18.2 Å². The third kappa shape index (κ3) is 2.08. The van der Waals surface area contributed by atoms with E-state index >= 15 is 0 Å². The molecule has 0 saturated carbocycles. The molecule has 24 heavy (non-hydrogen) atoms. The summed E-state index contributed by atoms with van der Waals surface area (Å²) in [6.45, 7) is 1.78. The molecule has 0 aliphatic carbocycles. The van der Waals surface area contributed by atoms with Crippen molar-refractivity contribution in [3.63, 3.8) is 0 Å². The van der Waals surface area contributed by atoms with Crippen molar-refractivity contribution in [1.29, 1.82) is 0 Å². The number of likely N-dealkylation sites (tertiary alicyclic amines) is 1. The summed E-state index contributed by atoms with van der Waals surface area (Å²) in [5.74, 6) is -2.86. The molecule has 2 aliphatic heterocycles. The molecule has 2 aliphatic rings. The van der Waals surface area contributed by atoms with Crippen LogP contribution >= 0.6 is 0 Å². The summed E-state index contributed by atoms with van der Waals surface area (Å²) in [4.78, 5) is 26.3. The molecule has 1 saturated heterocycles. The zero-order chi connectivity index (χ0) is 17.9. The minimum atomic E-state index is -5.06. The van der Waals surface area contributed by atoms with Gasteiger partial charge in [0.15, 0.2) is 0 Å². The zero-order valence-electron chi connectivity index (χ0n) is 13.4. The van der Waals surface area contributed by atoms with Gasteiger partial charge in [-0.2, -0.15) is 13.2 Å². The molecule has 1 aromatic rings. The highest BCUT2D eigenvalue weighted by molar-refractivity contribution is 5.90. The Kier molecular flexibility index (Phi) is 3.54. The molecule has 0 aromatic heterocycles. The van der Waals surface area contributed by atoms with E-state index in [9.17, 15) is 22.8 Å². The molecule has 1 amide bonds. The first-order chi connectivity index (χ1) is 11.1. The maximum Gasteiger partial charge on any atom is 0.471 e. The molecule has 1 aromatic carbocycles. The highest BCUT2D eigenvalue weighted by atomic mass is 19.4. The Hall–Kier alpha value is -2.25. The number of nitrogens with zero attached hydrogens (tertiary/aromatic N) is 2. The summed E-state index contributed by atoms with van der Waals surface area (Å²) in [5, 5.41) is 0. The first-order valence-corrected chi connectivity index (χ1v) is 7.42. The number of carbonyl (C=O) groups excluding carboxylic acids is 2. The van der Waals surface area contributed by atoms with E-state index in [1.807, 2.05) is 6.07 Å². The van der Waals surface area contributed by atoms with Crippen LogP contribution < -0.4 is 4.90 Å². The van der Waals surface area contributed by atoms with Gasteiger partial charge in [0.05, 0.1) is 7.11 Å². The summed E-state index contributed by atoms with van der Waals surface area (Å²) >= 11 is 0. The van der Waals surface area contributed by atoms with E-state index in [4.69, 9.17) is 0 Å². The largest absolute Gasteiger partial charge is 0.471 e. The first kappa shape index (κ1) is 16.6. The third-order valence-corrected chi connectivity index (χ3v) is 5.00. The minimum absolute atomic E-state index is 0.0769. The standard InChI is InChI=1S/C16H17F3N2O3/c1-15-8-11(12(22)24-3)21(14(23)16(17,18)19)13(15)20(2)10-7-5-4-6-9(10)15/h4-7,11,13H,8H2,1-3H3/t11-,13-,15-/m0/s1. The van der Waals surface area contributed by atoms with Gasteiger partial charge < -0.3 is 9.64 Å². The molecule has 0 bridgehead atoms. The second kappa shape index (κ2) is 5.12. The molecule has 0 unspecified atom stereocenters. The number of benzene rings is 1. The molecule has 130 valence electrons. The first-order valence-electron chi connectivity index (χ1n) is 7.42. The number of likely N-dealkylation sites (N-methyl/N-ethyl adjacent to an activating group) is 1. The maximum atomic E-state index is 13.1. The van der Waals surface area contributed by atoms with Crippen molar-refractivity contribution in [2.45, 2.75) is 37.1 Å². The summed E-state index contributed by atoms with van der Waals surface area (Å²) in [6, 6.07) is 5.93. The maximum absolute atomic E-state index is 13.1. The lowest BCUT2D eigenvalue weighted by Crippen LogP contribution is -2.56. The SMILES string of the molecule is COC(=O)[C@@H]1C[C@@]2(C)c3ccccc3N(C)[C@H]2N1C(=O)C(F)(F)F. The van der Waals surface area contributed by atoms with Crippen molar-refractivity contribution in [3.05, 3.63) is 29.8 Å². The Labute approximate surface area is 137 Å². The normalized spacial score (nSPS) is 28.6. The molecule has 3 rings (SSSR count). The van der Waals surface area contributed by atoms with Crippen LogP contribution in [-0.4, -0.2) is 49.3 Å². The van der Waals surface area contributed by atoms with Gasteiger partial charge in [-0.05, 0) is 18.1 Å². The van der Waals surface area contributed by atoms with Crippen molar-refractivity contribution in [2.24, 2.45) is 0 Å². The van der Waals surface area contributed by atoms with Crippen molar-refractivity contribution < 1.29 is 27.5 Å².